The van der Waals surface area contributed by atoms with E-state index in [1.54, 1.807) is 0 Å². The first-order valence-corrected chi connectivity index (χ1v) is 9.05. The van der Waals surface area contributed by atoms with Crippen molar-refractivity contribution in [1.82, 2.24) is 4.98 Å². The molecular formula is C23H20N2O3. The van der Waals surface area contributed by atoms with Crippen LogP contribution in [0, 0.1) is 13.8 Å². The lowest BCUT2D eigenvalue weighted by molar-refractivity contribution is -0.118. The summed E-state index contributed by atoms with van der Waals surface area (Å²) in [5, 5.41) is 2.90. The molecule has 1 heterocycles. The summed E-state index contributed by atoms with van der Waals surface area (Å²) in [4.78, 5) is 16.9. The van der Waals surface area contributed by atoms with Crippen LogP contribution in [0.3, 0.4) is 0 Å². The molecule has 0 aliphatic rings. The van der Waals surface area contributed by atoms with Gasteiger partial charge in [0.25, 0.3) is 5.91 Å². The predicted octanol–water partition coefficient (Wildman–Crippen LogP) is 5.13. The van der Waals surface area contributed by atoms with Crippen molar-refractivity contribution in [3.63, 3.8) is 0 Å². The van der Waals surface area contributed by atoms with Crippen LogP contribution >= 0.6 is 0 Å². The molecule has 4 aromatic rings. The van der Waals surface area contributed by atoms with Gasteiger partial charge < -0.3 is 14.5 Å². The predicted molar refractivity (Wildman–Crippen MR) is 109 cm³/mol. The zero-order chi connectivity index (χ0) is 19.5. The van der Waals surface area contributed by atoms with Crippen molar-refractivity contribution in [2.45, 2.75) is 13.8 Å². The first-order valence-electron chi connectivity index (χ1n) is 9.05. The van der Waals surface area contributed by atoms with Gasteiger partial charge in [0.2, 0.25) is 5.89 Å². The molecule has 3 aromatic carbocycles. The molecule has 0 spiro atoms. The number of nitrogens with one attached hydrogen (secondary N) is 1. The Balaban J connectivity index is 1.50. The highest BCUT2D eigenvalue weighted by Crippen LogP contribution is 2.30. The number of aromatic nitrogens is 1. The number of rotatable bonds is 5. The van der Waals surface area contributed by atoms with Crippen LogP contribution in [0.1, 0.15) is 11.1 Å². The van der Waals surface area contributed by atoms with Crippen LogP contribution in [0.2, 0.25) is 0 Å². The number of para-hydroxylation sites is 2. The summed E-state index contributed by atoms with van der Waals surface area (Å²) in [7, 11) is 0. The number of carbonyl (C=O) groups excluding carboxylic acids is 1. The van der Waals surface area contributed by atoms with Crippen molar-refractivity contribution in [1.29, 1.82) is 0 Å². The number of ether oxygens (including phenoxy) is 1. The van der Waals surface area contributed by atoms with Gasteiger partial charge in [-0.05, 0) is 55.8 Å². The van der Waals surface area contributed by atoms with E-state index in [0.717, 1.165) is 27.8 Å². The summed E-state index contributed by atoms with van der Waals surface area (Å²) >= 11 is 0. The third-order valence-corrected chi connectivity index (χ3v) is 4.52. The van der Waals surface area contributed by atoms with E-state index in [-0.39, 0.29) is 12.5 Å². The molecule has 0 atom stereocenters. The van der Waals surface area contributed by atoms with E-state index in [0.29, 0.717) is 17.3 Å². The van der Waals surface area contributed by atoms with Gasteiger partial charge in [0.1, 0.15) is 11.3 Å². The number of fused-ring (bicyclic) bond motifs is 1. The maximum Gasteiger partial charge on any atom is 0.262 e. The van der Waals surface area contributed by atoms with E-state index in [2.05, 4.69) is 10.3 Å². The highest BCUT2D eigenvalue weighted by Gasteiger charge is 2.14. The van der Waals surface area contributed by atoms with Crippen LogP contribution in [-0.4, -0.2) is 17.5 Å². The van der Waals surface area contributed by atoms with E-state index in [1.165, 1.54) is 0 Å². The number of anilines is 1. The molecule has 1 aromatic heterocycles. The summed E-state index contributed by atoms with van der Waals surface area (Å²) in [5.74, 6) is 0.974. The number of amides is 1. The second kappa shape index (κ2) is 7.56. The monoisotopic (exact) mass is 372 g/mol. The molecule has 0 radical (unpaired) electrons. The molecule has 0 aliphatic carbocycles. The average Bonchev–Trinajstić information content (AvgIpc) is 3.13. The Kier molecular flexibility index (Phi) is 4.81. The zero-order valence-electron chi connectivity index (χ0n) is 15.7. The van der Waals surface area contributed by atoms with Crippen LogP contribution in [0.5, 0.6) is 5.75 Å². The summed E-state index contributed by atoms with van der Waals surface area (Å²) in [6, 6.07) is 20.9. The number of oxazole rings is 1. The normalized spacial score (nSPS) is 10.8. The van der Waals surface area contributed by atoms with E-state index in [9.17, 15) is 4.79 Å². The highest BCUT2D eigenvalue weighted by molar-refractivity contribution is 5.93. The van der Waals surface area contributed by atoms with E-state index >= 15 is 0 Å². The van der Waals surface area contributed by atoms with E-state index in [1.807, 2.05) is 80.6 Å². The van der Waals surface area contributed by atoms with Crippen molar-refractivity contribution >= 4 is 22.7 Å². The molecular weight excluding hydrogens is 352 g/mol. The number of benzene rings is 3. The van der Waals surface area contributed by atoms with Crippen LogP contribution in [0.4, 0.5) is 5.69 Å². The Hall–Kier alpha value is -3.60. The molecule has 4 rings (SSSR count). The summed E-state index contributed by atoms with van der Waals surface area (Å²) in [6.07, 6.45) is 0. The van der Waals surface area contributed by atoms with Crippen LogP contribution < -0.4 is 10.1 Å². The second-order valence-electron chi connectivity index (χ2n) is 6.61. The largest absolute Gasteiger partial charge is 0.484 e. The van der Waals surface area contributed by atoms with Gasteiger partial charge in [-0.15, -0.1) is 0 Å². The Morgan fingerprint density at radius 1 is 1.00 bits per heavy atom. The zero-order valence-corrected chi connectivity index (χ0v) is 15.7. The van der Waals surface area contributed by atoms with Gasteiger partial charge in [-0.25, -0.2) is 4.98 Å². The summed E-state index contributed by atoms with van der Waals surface area (Å²) in [6.45, 7) is 3.87. The first kappa shape index (κ1) is 17.8. The van der Waals surface area contributed by atoms with E-state index < -0.39 is 0 Å². The molecule has 0 aliphatic heterocycles. The van der Waals surface area contributed by atoms with Crippen LogP contribution in [-0.2, 0) is 4.79 Å². The lowest BCUT2D eigenvalue weighted by atomic mass is 10.1. The third kappa shape index (κ3) is 3.74. The standard InChI is InChI=1S/C23H20N2O3/c1-15-10-12-17(13-11-15)27-14-22(26)24-19-8-5-6-18(16(19)2)23-25-20-7-3-4-9-21(20)28-23/h3-13H,14H2,1-2H3,(H,24,26). The van der Waals surface area contributed by atoms with Gasteiger partial charge in [-0.3, -0.25) is 4.79 Å². The molecule has 0 saturated heterocycles. The molecule has 0 fully saturated rings. The van der Waals surface area contributed by atoms with Crippen molar-refractivity contribution < 1.29 is 13.9 Å². The van der Waals surface area contributed by atoms with Gasteiger partial charge in [0, 0.05) is 11.3 Å². The molecule has 0 unspecified atom stereocenters. The smallest absolute Gasteiger partial charge is 0.262 e. The SMILES string of the molecule is Cc1ccc(OCC(=O)Nc2cccc(-c3nc4ccccc4o3)c2C)cc1. The Morgan fingerprint density at radius 2 is 1.79 bits per heavy atom. The maximum absolute atomic E-state index is 12.3. The molecule has 5 nitrogen and oxygen atoms in total. The van der Waals surface area contributed by atoms with Crippen molar-refractivity contribution in [3.8, 4) is 17.2 Å². The average molecular weight is 372 g/mol. The minimum Gasteiger partial charge on any atom is -0.484 e. The number of hydrogen-bond donors (Lipinski definition) is 1. The van der Waals surface area contributed by atoms with Gasteiger partial charge in [0.15, 0.2) is 12.2 Å². The van der Waals surface area contributed by atoms with Gasteiger partial charge >= 0.3 is 0 Å². The molecule has 0 bridgehead atoms. The number of carbonyl (C=O) groups is 1. The van der Waals surface area contributed by atoms with Crippen LogP contribution in [0.15, 0.2) is 71.1 Å². The summed E-state index contributed by atoms with van der Waals surface area (Å²) in [5.41, 5.74) is 5.11. The number of aryl methyl sites for hydroxylation is 1. The fourth-order valence-electron chi connectivity index (χ4n) is 2.96. The first-order chi connectivity index (χ1) is 13.6. The minimum absolute atomic E-state index is 0.0599. The van der Waals surface area contributed by atoms with Crippen molar-refractivity contribution in [2.75, 3.05) is 11.9 Å². The van der Waals surface area contributed by atoms with Crippen molar-refractivity contribution in [3.05, 3.63) is 77.9 Å². The minimum atomic E-state index is -0.224. The number of hydrogen-bond acceptors (Lipinski definition) is 4. The Labute approximate surface area is 163 Å². The highest BCUT2D eigenvalue weighted by atomic mass is 16.5. The van der Waals surface area contributed by atoms with Gasteiger partial charge in [0.05, 0.1) is 0 Å². The molecule has 5 heteroatoms. The second-order valence-corrected chi connectivity index (χ2v) is 6.61. The fourth-order valence-corrected chi connectivity index (χ4v) is 2.96. The third-order valence-electron chi connectivity index (χ3n) is 4.52. The molecule has 1 amide bonds. The quantitative estimate of drug-likeness (QED) is 0.527. The van der Waals surface area contributed by atoms with Crippen LogP contribution in [0.25, 0.3) is 22.6 Å². The van der Waals surface area contributed by atoms with E-state index in [4.69, 9.17) is 9.15 Å². The van der Waals surface area contributed by atoms with Gasteiger partial charge in [-0.2, -0.15) is 0 Å². The number of nitrogens with zero attached hydrogens (tertiary/aromatic N) is 1. The van der Waals surface area contributed by atoms with Crippen molar-refractivity contribution in [2.24, 2.45) is 0 Å². The lowest BCUT2D eigenvalue weighted by Crippen LogP contribution is -2.20. The Bertz CT molecular complexity index is 1100. The molecule has 28 heavy (non-hydrogen) atoms. The maximum atomic E-state index is 12.3. The summed E-state index contributed by atoms with van der Waals surface area (Å²) < 4.78 is 11.4. The fraction of sp³-hybridized carbons (Fsp3) is 0.130. The molecule has 0 saturated carbocycles. The Morgan fingerprint density at radius 3 is 2.57 bits per heavy atom. The molecule has 1 N–H and O–H groups in total. The topological polar surface area (TPSA) is 64.4 Å². The van der Waals surface area contributed by atoms with Gasteiger partial charge in [-0.1, -0.05) is 35.9 Å². The lowest BCUT2D eigenvalue weighted by Gasteiger charge is -2.11. The molecule has 140 valence electrons.